The van der Waals surface area contributed by atoms with E-state index in [9.17, 15) is 0 Å². The van der Waals surface area contributed by atoms with Crippen LogP contribution in [0.4, 0.5) is 5.13 Å². The molecular weight excluding hydrogens is 256 g/mol. The van der Waals surface area contributed by atoms with Crippen molar-refractivity contribution in [1.82, 2.24) is 15.0 Å². The third-order valence-electron chi connectivity index (χ3n) is 2.64. The zero-order chi connectivity index (χ0) is 12.9. The normalized spacial score (nSPS) is 10.3. The zero-order valence-corrected chi connectivity index (χ0v) is 11.0. The highest BCUT2D eigenvalue weighted by Gasteiger charge is 2.04. The van der Waals surface area contributed by atoms with Crippen molar-refractivity contribution in [2.75, 3.05) is 5.32 Å². The molecule has 3 aromatic rings. The van der Waals surface area contributed by atoms with Gasteiger partial charge in [-0.05, 0) is 11.6 Å². The topological polar surface area (TPSA) is 50.7 Å². The first kappa shape index (κ1) is 11.8. The molecule has 0 radical (unpaired) electrons. The van der Waals surface area contributed by atoms with Gasteiger partial charge in [0.1, 0.15) is 12.0 Å². The summed E-state index contributed by atoms with van der Waals surface area (Å²) >= 11 is 1.58. The highest BCUT2D eigenvalue weighted by Crippen LogP contribution is 2.23. The van der Waals surface area contributed by atoms with Crippen LogP contribution in [0.2, 0.25) is 0 Å². The van der Waals surface area contributed by atoms with E-state index >= 15 is 0 Å². The van der Waals surface area contributed by atoms with Gasteiger partial charge in [0.2, 0.25) is 0 Å². The zero-order valence-electron chi connectivity index (χ0n) is 10.2. The molecule has 0 aliphatic carbocycles. The summed E-state index contributed by atoms with van der Waals surface area (Å²) in [5.41, 5.74) is 2.96. The second-order valence-electron chi connectivity index (χ2n) is 3.97. The van der Waals surface area contributed by atoms with Crippen LogP contribution in [0.25, 0.3) is 11.4 Å². The summed E-state index contributed by atoms with van der Waals surface area (Å²) in [5.74, 6) is 0. The fraction of sp³-hybridized carbons (Fsp3) is 0.0714. The van der Waals surface area contributed by atoms with E-state index in [0.29, 0.717) is 0 Å². The Hall–Kier alpha value is -2.27. The quantitative estimate of drug-likeness (QED) is 0.789. The predicted molar refractivity (Wildman–Crippen MR) is 76.9 cm³/mol. The number of thiazole rings is 1. The summed E-state index contributed by atoms with van der Waals surface area (Å²) in [7, 11) is 0. The van der Waals surface area contributed by atoms with E-state index in [1.165, 1.54) is 11.9 Å². The van der Waals surface area contributed by atoms with Crippen molar-refractivity contribution in [3.63, 3.8) is 0 Å². The summed E-state index contributed by atoms with van der Waals surface area (Å²) in [6.45, 7) is 0.775. The fourth-order valence-corrected chi connectivity index (χ4v) is 2.39. The highest BCUT2D eigenvalue weighted by molar-refractivity contribution is 7.14. The number of anilines is 1. The summed E-state index contributed by atoms with van der Waals surface area (Å²) in [6.07, 6.45) is 3.25. The second-order valence-corrected chi connectivity index (χ2v) is 4.83. The van der Waals surface area contributed by atoms with E-state index in [1.54, 1.807) is 17.5 Å². The van der Waals surface area contributed by atoms with Crippen molar-refractivity contribution in [2.45, 2.75) is 6.54 Å². The lowest BCUT2D eigenvalue weighted by Crippen LogP contribution is -1.98. The van der Waals surface area contributed by atoms with Crippen molar-refractivity contribution >= 4 is 16.5 Å². The average molecular weight is 268 g/mol. The van der Waals surface area contributed by atoms with E-state index in [4.69, 9.17) is 0 Å². The van der Waals surface area contributed by atoms with Gasteiger partial charge in [-0.25, -0.2) is 15.0 Å². The minimum Gasteiger partial charge on any atom is -0.357 e. The summed E-state index contributed by atoms with van der Waals surface area (Å²) in [6, 6.07) is 12.1. The third kappa shape index (κ3) is 2.95. The minimum absolute atomic E-state index is 0.775. The SMILES string of the molecule is c1ccc(CNc2nc(-c3ccncn3)cs2)cc1. The smallest absolute Gasteiger partial charge is 0.183 e. The van der Waals surface area contributed by atoms with E-state index < -0.39 is 0 Å². The molecule has 0 saturated heterocycles. The first-order valence-corrected chi connectivity index (χ1v) is 6.79. The Labute approximate surface area is 115 Å². The molecule has 0 aliphatic rings. The molecule has 0 saturated carbocycles. The van der Waals surface area contributed by atoms with Crippen LogP contribution in [0.1, 0.15) is 5.56 Å². The van der Waals surface area contributed by atoms with Gasteiger partial charge in [0.15, 0.2) is 5.13 Å². The van der Waals surface area contributed by atoms with Gasteiger partial charge in [0, 0.05) is 18.1 Å². The minimum atomic E-state index is 0.775. The maximum atomic E-state index is 4.51. The number of hydrogen-bond acceptors (Lipinski definition) is 5. The average Bonchev–Trinajstić information content (AvgIpc) is 2.96. The van der Waals surface area contributed by atoms with E-state index in [-0.39, 0.29) is 0 Å². The predicted octanol–water partition coefficient (Wildman–Crippen LogP) is 3.21. The number of nitrogens with zero attached hydrogens (tertiary/aromatic N) is 3. The van der Waals surface area contributed by atoms with Crippen molar-refractivity contribution in [2.24, 2.45) is 0 Å². The van der Waals surface area contributed by atoms with Gasteiger partial charge in [0.25, 0.3) is 0 Å². The summed E-state index contributed by atoms with van der Waals surface area (Å²) in [5, 5.41) is 6.21. The van der Waals surface area contributed by atoms with Gasteiger partial charge in [-0.1, -0.05) is 30.3 Å². The Morgan fingerprint density at radius 2 is 1.95 bits per heavy atom. The van der Waals surface area contributed by atoms with Gasteiger partial charge in [-0.2, -0.15) is 0 Å². The molecule has 0 fully saturated rings. The van der Waals surface area contributed by atoms with Gasteiger partial charge in [-0.3, -0.25) is 0 Å². The Morgan fingerprint density at radius 1 is 1.05 bits per heavy atom. The number of hydrogen-bond donors (Lipinski definition) is 1. The van der Waals surface area contributed by atoms with Crippen LogP contribution < -0.4 is 5.32 Å². The Balaban J connectivity index is 1.69. The first-order valence-electron chi connectivity index (χ1n) is 5.91. The van der Waals surface area contributed by atoms with Crippen molar-refractivity contribution in [3.05, 3.63) is 59.9 Å². The van der Waals surface area contributed by atoms with Gasteiger partial charge >= 0.3 is 0 Å². The van der Waals surface area contributed by atoms with Crippen LogP contribution in [-0.2, 0) is 6.54 Å². The largest absolute Gasteiger partial charge is 0.357 e. The maximum absolute atomic E-state index is 4.51. The number of nitrogens with one attached hydrogen (secondary N) is 1. The molecular formula is C14H12N4S. The lowest BCUT2D eigenvalue weighted by molar-refractivity contribution is 1.12. The van der Waals surface area contributed by atoms with Crippen LogP contribution in [0.15, 0.2) is 54.3 Å². The Kier molecular flexibility index (Phi) is 3.47. The van der Waals surface area contributed by atoms with Crippen LogP contribution in [-0.4, -0.2) is 15.0 Å². The lowest BCUT2D eigenvalue weighted by Gasteiger charge is -2.01. The van der Waals surface area contributed by atoms with E-state index in [0.717, 1.165) is 23.1 Å². The summed E-state index contributed by atoms with van der Waals surface area (Å²) < 4.78 is 0. The molecule has 3 rings (SSSR count). The maximum Gasteiger partial charge on any atom is 0.183 e. The monoisotopic (exact) mass is 268 g/mol. The van der Waals surface area contributed by atoms with Crippen molar-refractivity contribution < 1.29 is 0 Å². The van der Waals surface area contributed by atoms with Crippen molar-refractivity contribution in [3.8, 4) is 11.4 Å². The molecule has 19 heavy (non-hydrogen) atoms. The van der Waals surface area contributed by atoms with E-state index in [1.807, 2.05) is 29.6 Å². The number of rotatable bonds is 4. The lowest BCUT2D eigenvalue weighted by atomic mass is 10.2. The molecule has 0 unspecified atom stereocenters. The van der Waals surface area contributed by atoms with Crippen molar-refractivity contribution in [1.29, 1.82) is 0 Å². The Morgan fingerprint density at radius 3 is 2.74 bits per heavy atom. The molecule has 0 amide bonds. The van der Waals surface area contributed by atoms with Crippen LogP contribution >= 0.6 is 11.3 Å². The highest BCUT2D eigenvalue weighted by atomic mass is 32.1. The Bertz CT molecular complexity index is 637. The molecule has 1 aromatic carbocycles. The standard InChI is InChI=1S/C14H12N4S/c1-2-4-11(5-3-1)8-16-14-18-13(9-19-14)12-6-7-15-10-17-12/h1-7,9-10H,8H2,(H,16,18). The molecule has 0 aliphatic heterocycles. The molecule has 0 atom stereocenters. The number of aromatic nitrogens is 3. The first-order chi connectivity index (χ1) is 9.42. The van der Waals surface area contributed by atoms with Crippen LogP contribution in [0.5, 0.6) is 0 Å². The van der Waals surface area contributed by atoms with Gasteiger partial charge in [-0.15, -0.1) is 11.3 Å². The summed E-state index contributed by atoms with van der Waals surface area (Å²) in [4.78, 5) is 12.6. The third-order valence-corrected chi connectivity index (χ3v) is 3.44. The molecule has 94 valence electrons. The molecule has 5 heteroatoms. The number of benzene rings is 1. The van der Waals surface area contributed by atoms with Gasteiger partial charge < -0.3 is 5.32 Å². The van der Waals surface area contributed by atoms with E-state index in [2.05, 4.69) is 32.4 Å². The van der Waals surface area contributed by atoms with Crippen LogP contribution in [0, 0.1) is 0 Å². The molecule has 0 spiro atoms. The molecule has 2 heterocycles. The second kappa shape index (κ2) is 5.58. The van der Waals surface area contributed by atoms with Crippen LogP contribution in [0.3, 0.4) is 0 Å². The molecule has 2 aromatic heterocycles. The molecule has 1 N–H and O–H groups in total. The van der Waals surface area contributed by atoms with Gasteiger partial charge in [0.05, 0.1) is 5.69 Å². The molecule has 0 bridgehead atoms. The fourth-order valence-electron chi connectivity index (χ4n) is 1.69. The molecule has 4 nitrogen and oxygen atoms in total.